The van der Waals surface area contributed by atoms with Crippen LogP contribution in [0.3, 0.4) is 0 Å². The molecule has 0 spiro atoms. The van der Waals surface area contributed by atoms with Crippen LogP contribution in [-0.2, 0) is 26.2 Å². The Bertz CT molecular complexity index is 2120. The molecule has 3 aromatic carbocycles. The number of amides is 2. The minimum Gasteiger partial charge on any atom is -0.454 e. The number of benzene rings is 3. The van der Waals surface area contributed by atoms with E-state index in [1.54, 1.807) is 6.20 Å². The maximum Gasteiger partial charge on any atom is 0.254 e. The smallest absolute Gasteiger partial charge is 0.254 e. The van der Waals surface area contributed by atoms with Crippen LogP contribution in [0.4, 0.5) is 0 Å². The average Bonchev–Trinajstić information content (AvgIpc) is 4.05. The molecule has 0 fully saturated rings. The van der Waals surface area contributed by atoms with Crippen LogP contribution in [0.1, 0.15) is 44.7 Å². The molecule has 0 saturated carbocycles. The number of aromatic nitrogens is 4. The van der Waals surface area contributed by atoms with Crippen LogP contribution in [0, 0.1) is 0 Å². The lowest BCUT2D eigenvalue weighted by Gasteiger charge is -2.20. The van der Waals surface area contributed by atoms with E-state index in [-0.39, 0.29) is 25.4 Å². The van der Waals surface area contributed by atoms with Crippen molar-refractivity contribution in [1.82, 2.24) is 38.7 Å². The number of para-hydroxylation sites is 2. The van der Waals surface area contributed by atoms with Gasteiger partial charge in [-0.05, 0) is 87.6 Å². The summed E-state index contributed by atoms with van der Waals surface area (Å²) < 4.78 is 25.9. The molecule has 0 atom stereocenters. The summed E-state index contributed by atoms with van der Waals surface area (Å²) in [6, 6.07) is 15.7. The molecule has 6 heterocycles. The van der Waals surface area contributed by atoms with Crippen LogP contribution >= 0.6 is 0 Å². The van der Waals surface area contributed by atoms with Crippen LogP contribution in [0.15, 0.2) is 73.6 Å². The number of nitrogens with zero attached hydrogens (tertiary/aromatic N) is 8. The Kier molecular flexibility index (Phi) is 10.4. The maximum atomic E-state index is 12.7. The molecule has 2 aromatic heterocycles. The summed E-state index contributed by atoms with van der Waals surface area (Å²) in [4.78, 5) is 42.1. The van der Waals surface area contributed by atoms with Crippen molar-refractivity contribution in [2.24, 2.45) is 0 Å². The third-order valence-corrected chi connectivity index (χ3v) is 10.4. The Morgan fingerprint density at radius 3 is 1.80 bits per heavy atom. The molecule has 0 aliphatic carbocycles. The van der Waals surface area contributed by atoms with E-state index in [1.165, 1.54) is 5.52 Å². The molecule has 2 amide bonds. The molecule has 0 N–H and O–H groups in total. The SMILES string of the molecule is CN(CCCN1Cc2cc3c(cc2C1=O)OCO3)CCn1ccnc1.CN(CCCN1Cc2cc3c(cc2C1=O)OCO3)CCn1cnc2ccccc21. The van der Waals surface area contributed by atoms with Gasteiger partial charge in [-0.2, -0.15) is 0 Å². The number of ether oxygens (including phenoxy) is 4. The minimum atomic E-state index is 0.0887. The molecular formula is C40H46N8O6. The van der Waals surface area contributed by atoms with E-state index in [0.717, 1.165) is 104 Å². The molecule has 14 heteroatoms. The second-order valence-corrected chi connectivity index (χ2v) is 14.2. The highest BCUT2D eigenvalue weighted by Gasteiger charge is 2.32. The quantitative estimate of drug-likeness (QED) is 0.163. The van der Waals surface area contributed by atoms with Crippen LogP contribution in [0.5, 0.6) is 23.0 Å². The van der Waals surface area contributed by atoms with Gasteiger partial charge in [0, 0.05) is 75.9 Å². The van der Waals surface area contributed by atoms with Crippen LogP contribution < -0.4 is 18.9 Å². The zero-order valence-corrected chi connectivity index (χ0v) is 30.9. The third kappa shape index (κ3) is 7.71. The van der Waals surface area contributed by atoms with Crippen molar-refractivity contribution < 1.29 is 28.5 Å². The van der Waals surface area contributed by atoms with Gasteiger partial charge in [-0.1, -0.05) is 12.1 Å². The molecule has 4 aliphatic rings. The standard InChI is InChI=1S/C22H24N4O3.C18H22N4O3/c1-24(9-10-26-14-23-18-5-2-3-6-19(18)26)7-4-8-25-13-16-11-20-21(29-15-28-20)12-17(16)22(25)27;1-20(7-8-21-6-3-19-12-21)4-2-5-22-11-14-9-16-17(25-13-24-16)10-15(14)18(22)23/h2-3,5-6,11-12,14H,4,7-10,13,15H2,1H3;3,6,9-10,12H,2,4-5,7-8,11,13H2,1H3. The molecule has 4 aliphatic heterocycles. The molecular weight excluding hydrogens is 688 g/mol. The van der Waals surface area contributed by atoms with E-state index in [1.807, 2.05) is 71.1 Å². The first-order valence-electron chi connectivity index (χ1n) is 18.6. The number of fused-ring (bicyclic) bond motifs is 5. The summed E-state index contributed by atoms with van der Waals surface area (Å²) >= 11 is 0. The lowest BCUT2D eigenvalue weighted by atomic mass is 10.1. The highest BCUT2D eigenvalue weighted by Crippen LogP contribution is 2.39. The van der Waals surface area contributed by atoms with Gasteiger partial charge >= 0.3 is 0 Å². The van der Waals surface area contributed by atoms with Gasteiger partial charge in [-0.3, -0.25) is 9.59 Å². The molecule has 5 aromatic rings. The number of hydrogen-bond donors (Lipinski definition) is 0. The van der Waals surface area contributed by atoms with Crippen molar-refractivity contribution in [3.8, 4) is 23.0 Å². The second-order valence-electron chi connectivity index (χ2n) is 14.2. The van der Waals surface area contributed by atoms with Gasteiger partial charge in [0.05, 0.1) is 23.7 Å². The van der Waals surface area contributed by atoms with Gasteiger partial charge in [0.25, 0.3) is 11.8 Å². The highest BCUT2D eigenvalue weighted by atomic mass is 16.7. The Labute approximate surface area is 314 Å². The summed E-state index contributed by atoms with van der Waals surface area (Å²) in [5, 5.41) is 0. The van der Waals surface area contributed by atoms with E-state index in [9.17, 15) is 9.59 Å². The topological polar surface area (TPSA) is 120 Å². The number of hydrogen-bond acceptors (Lipinski definition) is 10. The van der Waals surface area contributed by atoms with Crippen LogP contribution in [0.2, 0.25) is 0 Å². The maximum absolute atomic E-state index is 12.7. The normalized spacial score (nSPS) is 15.1. The third-order valence-electron chi connectivity index (χ3n) is 10.4. The van der Waals surface area contributed by atoms with Crippen molar-refractivity contribution in [3.05, 3.63) is 95.8 Å². The van der Waals surface area contributed by atoms with Crippen molar-refractivity contribution in [2.45, 2.75) is 39.0 Å². The fraction of sp³-hybridized carbons (Fsp3) is 0.400. The van der Waals surface area contributed by atoms with Crippen LogP contribution in [0.25, 0.3) is 11.0 Å². The first kappa shape index (κ1) is 35.4. The fourth-order valence-corrected chi connectivity index (χ4v) is 7.34. The molecule has 0 bridgehead atoms. The highest BCUT2D eigenvalue weighted by molar-refractivity contribution is 5.99. The molecule has 0 saturated heterocycles. The molecule has 14 nitrogen and oxygen atoms in total. The van der Waals surface area contributed by atoms with Crippen LogP contribution in [-0.4, -0.2) is 117 Å². The summed E-state index contributed by atoms with van der Waals surface area (Å²) in [6.07, 6.45) is 9.39. The Balaban J connectivity index is 0.000000155. The van der Waals surface area contributed by atoms with Crippen molar-refractivity contribution >= 4 is 22.8 Å². The van der Waals surface area contributed by atoms with E-state index >= 15 is 0 Å². The number of rotatable bonds is 14. The Hall–Kier alpha value is -5.60. The Morgan fingerprint density at radius 2 is 1.22 bits per heavy atom. The monoisotopic (exact) mass is 734 g/mol. The number of carbonyl (C=O) groups excluding carboxylic acids is 2. The van der Waals surface area contributed by atoms with Crippen molar-refractivity contribution in [1.29, 1.82) is 0 Å². The van der Waals surface area contributed by atoms with Gasteiger partial charge in [-0.15, -0.1) is 0 Å². The van der Waals surface area contributed by atoms with E-state index < -0.39 is 0 Å². The molecule has 54 heavy (non-hydrogen) atoms. The van der Waals surface area contributed by atoms with Gasteiger partial charge in [0.2, 0.25) is 13.6 Å². The van der Waals surface area contributed by atoms with Gasteiger partial charge < -0.3 is 47.7 Å². The molecule has 282 valence electrons. The largest absolute Gasteiger partial charge is 0.454 e. The zero-order chi connectivity index (χ0) is 37.0. The summed E-state index contributed by atoms with van der Waals surface area (Å²) in [6.45, 7) is 8.91. The average molecular weight is 735 g/mol. The molecule has 0 unspecified atom stereocenters. The minimum absolute atomic E-state index is 0.0887. The van der Waals surface area contributed by atoms with Gasteiger partial charge in [-0.25, -0.2) is 9.97 Å². The predicted octanol–water partition coefficient (Wildman–Crippen LogP) is 4.33. The summed E-state index contributed by atoms with van der Waals surface area (Å²) in [5.74, 6) is 3.01. The van der Waals surface area contributed by atoms with Crippen molar-refractivity contribution in [3.63, 3.8) is 0 Å². The van der Waals surface area contributed by atoms with Gasteiger partial charge in [0.15, 0.2) is 23.0 Å². The summed E-state index contributed by atoms with van der Waals surface area (Å²) in [5.41, 5.74) is 5.75. The fourth-order valence-electron chi connectivity index (χ4n) is 7.34. The number of carbonyl (C=O) groups is 2. The number of likely N-dealkylation sites (N-methyl/N-ethyl adjacent to an activating group) is 2. The van der Waals surface area contributed by atoms with E-state index in [0.29, 0.717) is 24.6 Å². The second kappa shape index (κ2) is 15.8. The first-order chi connectivity index (χ1) is 26.4. The molecule has 0 radical (unpaired) electrons. The zero-order valence-electron chi connectivity index (χ0n) is 30.9. The summed E-state index contributed by atoms with van der Waals surface area (Å²) in [7, 11) is 4.23. The lowest BCUT2D eigenvalue weighted by Crippen LogP contribution is -2.30. The van der Waals surface area contributed by atoms with E-state index in [2.05, 4.69) is 49.1 Å². The first-order valence-corrected chi connectivity index (χ1v) is 18.6. The Morgan fingerprint density at radius 1 is 0.667 bits per heavy atom. The number of imidazole rings is 2. The van der Waals surface area contributed by atoms with Crippen molar-refractivity contribution in [2.75, 3.05) is 66.9 Å². The predicted molar refractivity (Wildman–Crippen MR) is 201 cm³/mol. The van der Waals surface area contributed by atoms with Gasteiger partial charge in [0.1, 0.15) is 0 Å². The van der Waals surface area contributed by atoms with E-state index in [4.69, 9.17) is 18.9 Å². The lowest BCUT2D eigenvalue weighted by molar-refractivity contribution is 0.0764. The molecule has 9 rings (SSSR count).